The lowest BCUT2D eigenvalue weighted by atomic mass is 10.1. The topological polar surface area (TPSA) is 47.7 Å². The summed E-state index contributed by atoms with van der Waals surface area (Å²) in [5.41, 5.74) is 9.08. The number of para-hydroxylation sites is 1. The molecule has 1 atom stereocenters. The number of nitrogens with two attached hydrogens (primary N) is 1. The summed E-state index contributed by atoms with van der Waals surface area (Å²) in [6.07, 6.45) is 0.147. The van der Waals surface area contributed by atoms with Crippen LogP contribution >= 0.6 is 0 Å². The Balaban J connectivity index is 1.67. The summed E-state index contributed by atoms with van der Waals surface area (Å²) in [7, 11) is 0. The number of nitrogens with zero attached hydrogens (tertiary/aromatic N) is 1. The molecule has 0 aromatic heterocycles. The fourth-order valence-electron chi connectivity index (χ4n) is 2.74. The van der Waals surface area contributed by atoms with Crippen molar-refractivity contribution < 1.29 is 9.47 Å². The van der Waals surface area contributed by atoms with Crippen molar-refractivity contribution in [3.05, 3.63) is 48.0 Å². The number of ether oxygens (including phenoxy) is 2. The Hall–Kier alpha value is -2.36. The summed E-state index contributed by atoms with van der Waals surface area (Å²) < 4.78 is 11.7. The van der Waals surface area contributed by atoms with Crippen molar-refractivity contribution in [2.75, 3.05) is 30.3 Å². The maximum Gasteiger partial charge on any atom is 0.145 e. The molecule has 1 aliphatic rings. The van der Waals surface area contributed by atoms with Crippen LogP contribution < -0.4 is 20.1 Å². The minimum absolute atomic E-state index is 0.147. The largest absolute Gasteiger partial charge is 0.492 e. The van der Waals surface area contributed by atoms with Crippen molar-refractivity contribution in [2.24, 2.45) is 0 Å². The van der Waals surface area contributed by atoms with Gasteiger partial charge in [0, 0.05) is 0 Å². The summed E-state index contributed by atoms with van der Waals surface area (Å²) in [4.78, 5) is 2.24. The monoisotopic (exact) mass is 298 g/mol. The molecule has 1 aliphatic heterocycles. The minimum atomic E-state index is 0.147. The van der Waals surface area contributed by atoms with E-state index in [9.17, 15) is 0 Å². The van der Waals surface area contributed by atoms with Crippen molar-refractivity contribution in [1.29, 1.82) is 0 Å². The molecular weight excluding hydrogens is 276 g/mol. The second-order valence-electron chi connectivity index (χ2n) is 5.73. The van der Waals surface area contributed by atoms with E-state index in [2.05, 4.69) is 30.9 Å². The minimum Gasteiger partial charge on any atom is -0.492 e. The second-order valence-corrected chi connectivity index (χ2v) is 5.73. The van der Waals surface area contributed by atoms with Gasteiger partial charge in [0.25, 0.3) is 0 Å². The van der Waals surface area contributed by atoms with E-state index in [1.54, 1.807) is 0 Å². The van der Waals surface area contributed by atoms with Crippen molar-refractivity contribution in [2.45, 2.75) is 20.0 Å². The highest BCUT2D eigenvalue weighted by Gasteiger charge is 2.24. The highest BCUT2D eigenvalue weighted by Crippen LogP contribution is 2.37. The molecule has 2 N–H and O–H groups in total. The molecule has 4 nitrogen and oxygen atoms in total. The average Bonchev–Trinajstić information content (AvgIpc) is 2.49. The third-order valence-electron chi connectivity index (χ3n) is 3.80. The Bertz CT molecular complexity index is 640. The predicted molar refractivity (Wildman–Crippen MR) is 89.8 cm³/mol. The molecule has 0 radical (unpaired) electrons. The number of rotatable bonds is 4. The fourth-order valence-corrected chi connectivity index (χ4v) is 2.74. The average molecular weight is 298 g/mol. The van der Waals surface area contributed by atoms with E-state index in [0.717, 1.165) is 36.0 Å². The molecule has 0 saturated heterocycles. The first kappa shape index (κ1) is 14.6. The number of fused-ring (bicyclic) bond motifs is 1. The van der Waals surface area contributed by atoms with Crippen molar-refractivity contribution in [3.63, 3.8) is 0 Å². The zero-order valence-corrected chi connectivity index (χ0v) is 13.1. The Labute approximate surface area is 131 Å². The summed E-state index contributed by atoms with van der Waals surface area (Å²) in [5.74, 6) is 1.75. The first-order valence-electron chi connectivity index (χ1n) is 7.63. The molecule has 0 spiro atoms. The molecule has 22 heavy (non-hydrogen) atoms. The number of hydrogen-bond acceptors (Lipinski definition) is 4. The van der Waals surface area contributed by atoms with Gasteiger partial charge in [-0.2, -0.15) is 0 Å². The molecule has 116 valence electrons. The molecule has 1 heterocycles. The third kappa shape index (κ3) is 3.11. The number of anilines is 2. The normalized spacial score (nSPS) is 16.8. The fraction of sp³-hybridized carbons (Fsp3) is 0.333. The van der Waals surface area contributed by atoms with E-state index in [4.69, 9.17) is 15.2 Å². The van der Waals surface area contributed by atoms with Crippen LogP contribution in [0.25, 0.3) is 0 Å². The van der Waals surface area contributed by atoms with E-state index < -0.39 is 0 Å². The molecule has 0 saturated carbocycles. The highest BCUT2D eigenvalue weighted by molar-refractivity contribution is 5.75. The summed E-state index contributed by atoms with van der Waals surface area (Å²) in [6, 6.07) is 13.9. The van der Waals surface area contributed by atoms with E-state index >= 15 is 0 Å². The first-order valence-corrected chi connectivity index (χ1v) is 7.63. The van der Waals surface area contributed by atoms with Gasteiger partial charge in [0.2, 0.25) is 0 Å². The number of aryl methyl sites for hydroxylation is 1. The third-order valence-corrected chi connectivity index (χ3v) is 3.80. The van der Waals surface area contributed by atoms with Crippen LogP contribution in [0.15, 0.2) is 42.5 Å². The number of nitrogen functional groups attached to an aromatic ring is 1. The van der Waals surface area contributed by atoms with Gasteiger partial charge in [0.05, 0.1) is 18.8 Å². The van der Waals surface area contributed by atoms with Gasteiger partial charge in [-0.3, -0.25) is 0 Å². The Morgan fingerprint density at radius 1 is 1.23 bits per heavy atom. The van der Waals surface area contributed by atoms with Crippen LogP contribution in [-0.2, 0) is 0 Å². The van der Waals surface area contributed by atoms with E-state index in [0.29, 0.717) is 6.61 Å². The van der Waals surface area contributed by atoms with Gasteiger partial charge in [0.15, 0.2) is 0 Å². The zero-order chi connectivity index (χ0) is 15.5. The van der Waals surface area contributed by atoms with Gasteiger partial charge in [-0.1, -0.05) is 23.8 Å². The maximum atomic E-state index is 6.11. The smallest absolute Gasteiger partial charge is 0.145 e. The predicted octanol–water partition coefficient (Wildman–Crippen LogP) is 3.24. The molecule has 3 rings (SSSR count). The lowest BCUT2D eigenvalue weighted by molar-refractivity contribution is 0.208. The van der Waals surface area contributed by atoms with Crippen LogP contribution in [0.3, 0.4) is 0 Å². The van der Waals surface area contributed by atoms with Crippen molar-refractivity contribution in [3.8, 4) is 11.5 Å². The van der Waals surface area contributed by atoms with Gasteiger partial charge < -0.3 is 20.1 Å². The van der Waals surface area contributed by atoms with Gasteiger partial charge >= 0.3 is 0 Å². The molecular formula is C18H22N2O2. The molecule has 0 aliphatic carbocycles. The molecule has 0 amide bonds. The Morgan fingerprint density at radius 2 is 2.00 bits per heavy atom. The summed E-state index contributed by atoms with van der Waals surface area (Å²) >= 11 is 0. The number of benzene rings is 2. The molecule has 1 unspecified atom stereocenters. The maximum absolute atomic E-state index is 6.11. The van der Waals surface area contributed by atoms with Crippen molar-refractivity contribution in [1.82, 2.24) is 0 Å². The van der Waals surface area contributed by atoms with E-state index in [-0.39, 0.29) is 6.10 Å². The molecule has 4 heteroatoms. The SMILES string of the molecule is Cc1ccc(OCCN2CC(C)Oc3cccc(N)c32)cc1. The molecule has 2 aromatic carbocycles. The Kier molecular flexibility index (Phi) is 4.09. The standard InChI is InChI=1S/C18H22N2O2/c1-13-6-8-15(9-7-13)21-11-10-20-12-14(2)22-17-5-3-4-16(19)18(17)20/h3-9,14H,10-12,19H2,1-2H3. The van der Waals surface area contributed by atoms with Crippen LogP contribution in [0.5, 0.6) is 11.5 Å². The van der Waals surface area contributed by atoms with Crippen LogP contribution in [0.1, 0.15) is 12.5 Å². The first-order chi connectivity index (χ1) is 10.6. The van der Waals surface area contributed by atoms with Crippen molar-refractivity contribution >= 4 is 11.4 Å². The van der Waals surface area contributed by atoms with Gasteiger partial charge in [0.1, 0.15) is 29.9 Å². The molecule has 0 fully saturated rings. The quantitative estimate of drug-likeness (QED) is 0.880. The van der Waals surface area contributed by atoms with E-state index in [1.165, 1.54) is 5.56 Å². The van der Waals surface area contributed by atoms with E-state index in [1.807, 2.05) is 30.3 Å². The van der Waals surface area contributed by atoms with Gasteiger partial charge in [-0.25, -0.2) is 0 Å². The lowest BCUT2D eigenvalue weighted by Crippen LogP contribution is -2.41. The van der Waals surface area contributed by atoms with Gasteiger partial charge in [-0.15, -0.1) is 0 Å². The zero-order valence-electron chi connectivity index (χ0n) is 13.1. The molecule has 0 bridgehead atoms. The second kappa shape index (κ2) is 6.18. The van der Waals surface area contributed by atoms with Crippen LogP contribution in [0.2, 0.25) is 0 Å². The van der Waals surface area contributed by atoms with Crippen LogP contribution in [0.4, 0.5) is 11.4 Å². The summed E-state index contributed by atoms with van der Waals surface area (Å²) in [5, 5.41) is 0. The molecule has 2 aromatic rings. The Morgan fingerprint density at radius 3 is 2.77 bits per heavy atom. The number of hydrogen-bond donors (Lipinski definition) is 1. The van der Waals surface area contributed by atoms with Crippen LogP contribution in [-0.4, -0.2) is 25.8 Å². The summed E-state index contributed by atoms with van der Waals surface area (Å²) in [6.45, 7) is 6.35. The highest BCUT2D eigenvalue weighted by atomic mass is 16.5. The van der Waals surface area contributed by atoms with Crippen LogP contribution in [0, 0.1) is 6.92 Å². The van der Waals surface area contributed by atoms with Gasteiger partial charge in [-0.05, 0) is 38.1 Å². The lowest BCUT2D eigenvalue weighted by Gasteiger charge is -2.35.